The minimum Gasteiger partial charge on any atom is -0.508 e. The summed E-state index contributed by atoms with van der Waals surface area (Å²) in [6.45, 7) is 8.16. The molecule has 5 heteroatoms. The molecular weight excluding hydrogens is 342 g/mol. The van der Waals surface area contributed by atoms with Gasteiger partial charge in [0, 0.05) is 17.1 Å². The van der Waals surface area contributed by atoms with Gasteiger partial charge in [-0.2, -0.15) is 0 Å². The average molecular weight is 365 g/mol. The molecule has 0 aliphatic carbocycles. The van der Waals surface area contributed by atoms with Crippen LogP contribution in [0.5, 0.6) is 5.75 Å². The van der Waals surface area contributed by atoms with Crippen molar-refractivity contribution in [2.75, 3.05) is 5.32 Å². The molecule has 2 aromatic carbocycles. The Labute approximate surface area is 157 Å². The average Bonchev–Trinajstić information content (AvgIpc) is 2.58. The van der Waals surface area contributed by atoms with Gasteiger partial charge in [-0.25, -0.2) is 4.79 Å². The molecule has 2 N–H and O–H groups in total. The second kappa shape index (κ2) is 6.91. The third-order valence-electron chi connectivity index (χ3n) is 4.64. The predicted molar refractivity (Wildman–Crippen MR) is 106 cm³/mol. The fraction of sp³-hybridized carbons (Fsp3) is 0.273. The number of anilines is 1. The van der Waals surface area contributed by atoms with Crippen molar-refractivity contribution in [1.82, 2.24) is 0 Å². The largest absolute Gasteiger partial charge is 0.508 e. The molecule has 0 spiro atoms. The lowest BCUT2D eigenvalue weighted by Gasteiger charge is -2.19. The molecular formula is C22H23NO4. The smallest absolute Gasteiger partial charge is 0.340 e. The predicted octanol–water partition coefficient (Wildman–Crippen LogP) is 4.29. The van der Waals surface area contributed by atoms with E-state index in [1.807, 2.05) is 24.3 Å². The fourth-order valence-corrected chi connectivity index (χ4v) is 3.01. The molecule has 5 nitrogen and oxygen atoms in total. The highest BCUT2D eigenvalue weighted by molar-refractivity contribution is 5.93. The summed E-state index contributed by atoms with van der Waals surface area (Å²) < 4.78 is 5.26. The van der Waals surface area contributed by atoms with Gasteiger partial charge in [0.2, 0.25) is 5.91 Å². The summed E-state index contributed by atoms with van der Waals surface area (Å²) >= 11 is 0. The van der Waals surface area contributed by atoms with Gasteiger partial charge in [-0.1, -0.05) is 32.9 Å². The molecule has 0 fully saturated rings. The molecule has 0 radical (unpaired) electrons. The number of aryl methyl sites for hydroxylation is 1. The van der Waals surface area contributed by atoms with Crippen LogP contribution in [0.2, 0.25) is 0 Å². The number of carbonyl (C=O) groups is 1. The number of amides is 1. The molecule has 0 aliphatic heterocycles. The number of fused-ring (bicyclic) bond motifs is 1. The first-order valence-corrected chi connectivity index (χ1v) is 8.81. The summed E-state index contributed by atoms with van der Waals surface area (Å²) in [4.78, 5) is 24.7. The third kappa shape index (κ3) is 4.03. The van der Waals surface area contributed by atoms with E-state index >= 15 is 0 Å². The van der Waals surface area contributed by atoms with Crippen molar-refractivity contribution in [2.24, 2.45) is 0 Å². The van der Waals surface area contributed by atoms with Crippen LogP contribution in [-0.2, 0) is 16.6 Å². The molecule has 0 bridgehead atoms. The van der Waals surface area contributed by atoms with Gasteiger partial charge < -0.3 is 14.8 Å². The zero-order valence-corrected chi connectivity index (χ0v) is 15.9. The van der Waals surface area contributed by atoms with E-state index in [9.17, 15) is 14.7 Å². The van der Waals surface area contributed by atoms with Gasteiger partial charge in [-0.3, -0.25) is 4.79 Å². The van der Waals surface area contributed by atoms with Crippen LogP contribution in [0.3, 0.4) is 0 Å². The van der Waals surface area contributed by atoms with E-state index in [-0.39, 0.29) is 23.5 Å². The van der Waals surface area contributed by atoms with E-state index in [1.165, 1.54) is 17.7 Å². The minimum absolute atomic E-state index is 0.0225. The van der Waals surface area contributed by atoms with E-state index in [2.05, 4.69) is 26.1 Å². The van der Waals surface area contributed by atoms with E-state index in [1.54, 1.807) is 13.0 Å². The number of hydrogen-bond donors (Lipinski definition) is 2. The number of nitrogens with one attached hydrogen (secondary N) is 1. The number of benzene rings is 2. The molecule has 0 unspecified atom stereocenters. The van der Waals surface area contributed by atoms with Crippen molar-refractivity contribution >= 4 is 22.6 Å². The van der Waals surface area contributed by atoms with Gasteiger partial charge in [-0.05, 0) is 47.7 Å². The Bertz CT molecular complexity index is 1060. The number of carbonyl (C=O) groups excluding carboxylic acids is 1. The summed E-state index contributed by atoms with van der Waals surface area (Å²) in [6.07, 6.45) is -0.0774. The molecule has 0 aliphatic rings. The quantitative estimate of drug-likeness (QED) is 0.679. The van der Waals surface area contributed by atoms with Crippen molar-refractivity contribution in [3.8, 4) is 5.75 Å². The van der Waals surface area contributed by atoms with Gasteiger partial charge in [0.05, 0.1) is 12.0 Å². The summed E-state index contributed by atoms with van der Waals surface area (Å²) in [5.74, 6) is -0.263. The third-order valence-corrected chi connectivity index (χ3v) is 4.64. The Balaban J connectivity index is 1.82. The topological polar surface area (TPSA) is 79.5 Å². The summed E-state index contributed by atoms with van der Waals surface area (Å²) in [7, 11) is 0. The molecule has 3 rings (SSSR count). The molecule has 1 heterocycles. The molecule has 1 amide bonds. The second-order valence-electron chi connectivity index (χ2n) is 7.73. The SMILES string of the molecule is Cc1c(CC(=O)Nc2ccc(C(C)(C)C)cc2)c(=O)oc2cc(O)ccc12. The monoisotopic (exact) mass is 365 g/mol. The van der Waals surface area contributed by atoms with Gasteiger partial charge in [0.25, 0.3) is 0 Å². The van der Waals surface area contributed by atoms with E-state index in [0.717, 1.165) is 0 Å². The van der Waals surface area contributed by atoms with Gasteiger partial charge in [0.15, 0.2) is 0 Å². The maximum Gasteiger partial charge on any atom is 0.340 e. The van der Waals surface area contributed by atoms with Crippen molar-refractivity contribution in [1.29, 1.82) is 0 Å². The fourth-order valence-electron chi connectivity index (χ4n) is 3.01. The molecule has 3 aromatic rings. The molecule has 0 saturated carbocycles. The second-order valence-corrected chi connectivity index (χ2v) is 7.73. The van der Waals surface area contributed by atoms with Crippen molar-refractivity contribution in [3.05, 3.63) is 69.6 Å². The Hall–Kier alpha value is -3.08. The standard InChI is InChI=1S/C22H23NO4/c1-13-17-10-9-16(24)11-19(17)27-21(26)18(13)12-20(25)23-15-7-5-14(6-8-15)22(2,3)4/h5-11,24H,12H2,1-4H3,(H,23,25). The summed E-state index contributed by atoms with van der Waals surface area (Å²) in [5, 5.41) is 13.1. The van der Waals surface area contributed by atoms with E-state index in [4.69, 9.17) is 4.42 Å². The maximum absolute atomic E-state index is 12.4. The summed E-state index contributed by atoms with van der Waals surface area (Å²) in [6, 6.07) is 12.3. The molecule has 0 saturated heterocycles. The maximum atomic E-state index is 12.4. The highest BCUT2D eigenvalue weighted by Gasteiger charge is 2.16. The van der Waals surface area contributed by atoms with Crippen LogP contribution < -0.4 is 10.9 Å². The van der Waals surface area contributed by atoms with Crippen LogP contribution in [0.25, 0.3) is 11.0 Å². The van der Waals surface area contributed by atoms with E-state index in [0.29, 0.717) is 27.8 Å². The molecule has 27 heavy (non-hydrogen) atoms. The number of phenols is 1. The first-order chi connectivity index (χ1) is 12.6. The lowest BCUT2D eigenvalue weighted by Crippen LogP contribution is -2.20. The number of rotatable bonds is 3. The first-order valence-electron chi connectivity index (χ1n) is 8.81. The lowest BCUT2D eigenvalue weighted by atomic mass is 9.87. The Kier molecular flexibility index (Phi) is 4.79. The molecule has 0 atom stereocenters. The van der Waals surface area contributed by atoms with Crippen LogP contribution in [0.1, 0.15) is 37.5 Å². The van der Waals surface area contributed by atoms with Crippen LogP contribution in [0, 0.1) is 6.92 Å². The van der Waals surface area contributed by atoms with Crippen LogP contribution in [0.4, 0.5) is 5.69 Å². The summed E-state index contributed by atoms with van der Waals surface area (Å²) in [5.41, 5.74) is 2.63. The van der Waals surface area contributed by atoms with Crippen molar-refractivity contribution in [2.45, 2.75) is 39.5 Å². The molecule has 140 valence electrons. The minimum atomic E-state index is -0.566. The number of hydrogen-bond acceptors (Lipinski definition) is 4. The van der Waals surface area contributed by atoms with Gasteiger partial charge in [-0.15, -0.1) is 0 Å². The zero-order chi connectivity index (χ0) is 19.8. The zero-order valence-electron chi connectivity index (χ0n) is 15.9. The highest BCUT2D eigenvalue weighted by atomic mass is 16.4. The van der Waals surface area contributed by atoms with Crippen LogP contribution in [0.15, 0.2) is 51.7 Å². The lowest BCUT2D eigenvalue weighted by molar-refractivity contribution is -0.115. The Morgan fingerprint density at radius 2 is 1.78 bits per heavy atom. The Morgan fingerprint density at radius 3 is 2.41 bits per heavy atom. The van der Waals surface area contributed by atoms with Crippen LogP contribution >= 0.6 is 0 Å². The molecule has 1 aromatic heterocycles. The normalized spacial score (nSPS) is 11.6. The van der Waals surface area contributed by atoms with Gasteiger partial charge in [0.1, 0.15) is 11.3 Å². The number of aromatic hydroxyl groups is 1. The highest BCUT2D eigenvalue weighted by Crippen LogP contribution is 2.25. The van der Waals surface area contributed by atoms with E-state index < -0.39 is 5.63 Å². The number of phenolic OH excluding ortho intramolecular Hbond substituents is 1. The Morgan fingerprint density at radius 1 is 1.11 bits per heavy atom. The van der Waals surface area contributed by atoms with Crippen molar-refractivity contribution < 1.29 is 14.3 Å². The van der Waals surface area contributed by atoms with Gasteiger partial charge >= 0.3 is 5.63 Å². The van der Waals surface area contributed by atoms with Crippen molar-refractivity contribution in [3.63, 3.8) is 0 Å². The first kappa shape index (κ1) is 18.7. The van der Waals surface area contributed by atoms with Crippen LogP contribution in [-0.4, -0.2) is 11.0 Å².